The number of amides is 1. The molecule has 1 fully saturated rings. The lowest BCUT2D eigenvalue weighted by Gasteiger charge is -2.20. The molecule has 1 rings (SSSR count). The summed E-state index contributed by atoms with van der Waals surface area (Å²) in [6.07, 6.45) is 2.51. The molecule has 14 heavy (non-hydrogen) atoms. The summed E-state index contributed by atoms with van der Waals surface area (Å²) in [5, 5.41) is 11.7. The summed E-state index contributed by atoms with van der Waals surface area (Å²) < 4.78 is 0. The van der Waals surface area contributed by atoms with Gasteiger partial charge < -0.3 is 10.4 Å². The van der Waals surface area contributed by atoms with Crippen molar-refractivity contribution in [1.82, 2.24) is 5.32 Å². The number of carbonyl (C=O) groups excluding carboxylic acids is 1. The van der Waals surface area contributed by atoms with Gasteiger partial charge >= 0.3 is 0 Å². The molecule has 0 bridgehead atoms. The van der Waals surface area contributed by atoms with Crippen LogP contribution in [0.4, 0.5) is 0 Å². The van der Waals surface area contributed by atoms with Gasteiger partial charge in [0.05, 0.1) is 6.10 Å². The van der Waals surface area contributed by atoms with Gasteiger partial charge in [-0.25, -0.2) is 0 Å². The highest BCUT2D eigenvalue weighted by Gasteiger charge is 2.17. The Labute approximate surface area is 89.6 Å². The van der Waals surface area contributed by atoms with E-state index in [2.05, 4.69) is 5.32 Å². The zero-order chi connectivity index (χ0) is 10.4. The van der Waals surface area contributed by atoms with Crippen molar-refractivity contribution in [3.05, 3.63) is 0 Å². The van der Waals surface area contributed by atoms with Gasteiger partial charge in [0.1, 0.15) is 0 Å². The summed E-state index contributed by atoms with van der Waals surface area (Å²) in [6, 6.07) is 0. The van der Waals surface area contributed by atoms with Crippen molar-refractivity contribution >= 4 is 17.7 Å². The van der Waals surface area contributed by atoms with E-state index in [1.54, 1.807) is 6.92 Å². The van der Waals surface area contributed by atoms with Crippen molar-refractivity contribution in [3.63, 3.8) is 0 Å². The van der Waals surface area contributed by atoms with E-state index in [1.165, 1.54) is 11.5 Å². The molecule has 1 amide bonds. The number of aliphatic hydroxyl groups excluding tert-OH is 1. The first kappa shape index (κ1) is 11.9. The fourth-order valence-corrected chi connectivity index (χ4v) is 2.75. The van der Waals surface area contributed by atoms with Crippen LogP contribution in [0.1, 0.15) is 26.2 Å². The third-order valence-electron chi connectivity index (χ3n) is 2.41. The highest BCUT2D eigenvalue weighted by atomic mass is 32.2. The highest BCUT2D eigenvalue weighted by Crippen LogP contribution is 2.24. The number of aliphatic hydroxyl groups is 1. The van der Waals surface area contributed by atoms with E-state index in [4.69, 9.17) is 5.11 Å². The molecule has 2 N–H and O–H groups in total. The Hall–Kier alpha value is -0.220. The minimum atomic E-state index is -0.444. The molecule has 0 aromatic carbocycles. The Morgan fingerprint density at radius 3 is 2.79 bits per heavy atom. The van der Waals surface area contributed by atoms with Crippen LogP contribution >= 0.6 is 11.8 Å². The topological polar surface area (TPSA) is 49.3 Å². The van der Waals surface area contributed by atoms with E-state index in [0.29, 0.717) is 18.9 Å². The van der Waals surface area contributed by atoms with Crippen LogP contribution in [-0.2, 0) is 4.79 Å². The zero-order valence-corrected chi connectivity index (χ0v) is 9.48. The van der Waals surface area contributed by atoms with Gasteiger partial charge in [-0.1, -0.05) is 0 Å². The number of nitrogens with one attached hydrogen (secondary N) is 1. The van der Waals surface area contributed by atoms with Gasteiger partial charge in [0, 0.05) is 13.0 Å². The van der Waals surface area contributed by atoms with Crippen LogP contribution in [0.5, 0.6) is 0 Å². The van der Waals surface area contributed by atoms with E-state index in [-0.39, 0.29) is 5.91 Å². The molecule has 1 saturated heterocycles. The van der Waals surface area contributed by atoms with Crippen LogP contribution < -0.4 is 5.32 Å². The number of thioether (sulfide) groups is 1. The fourth-order valence-electron chi connectivity index (χ4n) is 1.55. The van der Waals surface area contributed by atoms with Gasteiger partial charge in [-0.15, -0.1) is 0 Å². The molecular formula is C10H19NO2S. The van der Waals surface area contributed by atoms with Gasteiger partial charge in [-0.05, 0) is 37.2 Å². The minimum Gasteiger partial charge on any atom is -0.392 e. The molecule has 0 saturated carbocycles. The molecule has 3 nitrogen and oxygen atoms in total. The number of carbonyl (C=O) groups is 1. The van der Waals surface area contributed by atoms with Gasteiger partial charge in [-0.3, -0.25) is 4.79 Å². The van der Waals surface area contributed by atoms with E-state index in [9.17, 15) is 4.79 Å². The summed E-state index contributed by atoms with van der Waals surface area (Å²) in [5.74, 6) is 3.02. The maximum atomic E-state index is 11.4. The summed E-state index contributed by atoms with van der Waals surface area (Å²) in [4.78, 5) is 11.4. The fraction of sp³-hybridized carbons (Fsp3) is 0.900. The number of hydrogen-bond donors (Lipinski definition) is 2. The minimum absolute atomic E-state index is 0.0859. The number of hydrogen-bond acceptors (Lipinski definition) is 3. The molecule has 4 heteroatoms. The molecule has 1 aliphatic heterocycles. The lowest BCUT2D eigenvalue weighted by Crippen LogP contribution is -2.32. The average molecular weight is 217 g/mol. The maximum Gasteiger partial charge on any atom is 0.220 e. The molecule has 1 atom stereocenters. The normalized spacial score (nSPS) is 20.4. The molecule has 1 aliphatic rings. The Morgan fingerprint density at radius 2 is 2.21 bits per heavy atom. The molecule has 0 aliphatic carbocycles. The van der Waals surface area contributed by atoms with Crippen LogP contribution in [0.3, 0.4) is 0 Å². The molecule has 0 unspecified atom stereocenters. The first-order valence-corrected chi connectivity index (χ1v) is 6.36. The standard InChI is InChI=1S/C10H19NO2S/c1-8(12)7-11-10(13)6-9-2-4-14-5-3-9/h8-9,12H,2-7H2,1H3,(H,11,13)/t8-/m1/s1. The second-order valence-corrected chi connectivity index (χ2v) is 5.14. The van der Waals surface area contributed by atoms with Crippen molar-refractivity contribution in [2.45, 2.75) is 32.3 Å². The molecule has 0 aromatic rings. The lowest BCUT2D eigenvalue weighted by molar-refractivity contribution is -0.122. The number of rotatable bonds is 4. The zero-order valence-electron chi connectivity index (χ0n) is 8.66. The Bertz CT molecular complexity index is 179. The SMILES string of the molecule is C[C@@H](O)CNC(=O)CC1CCSCC1. The Kier molecular flexibility index (Phi) is 5.33. The van der Waals surface area contributed by atoms with Gasteiger partial charge in [0.2, 0.25) is 5.91 Å². The Morgan fingerprint density at radius 1 is 1.57 bits per heavy atom. The first-order valence-electron chi connectivity index (χ1n) is 5.21. The highest BCUT2D eigenvalue weighted by molar-refractivity contribution is 7.99. The first-order chi connectivity index (χ1) is 6.68. The largest absolute Gasteiger partial charge is 0.392 e. The molecule has 0 aromatic heterocycles. The van der Waals surface area contributed by atoms with Crippen LogP contribution in [0.25, 0.3) is 0 Å². The summed E-state index contributed by atoms with van der Waals surface area (Å²) in [5.41, 5.74) is 0. The van der Waals surface area contributed by atoms with Crippen molar-refractivity contribution in [1.29, 1.82) is 0 Å². The van der Waals surface area contributed by atoms with Crippen molar-refractivity contribution in [2.75, 3.05) is 18.1 Å². The predicted molar refractivity (Wildman–Crippen MR) is 59.4 cm³/mol. The maximum absolute atomic E-state index is 11.4. The molecule has 0 radical (unpaired) electrons. The van der Waals surface area contributed by atoms with Crippen molar-refractivity contribution < 1.29 is 9.90 Å². The van der Waals surface area contributed by atoms with Crippen LogP contribution in [0, 0.1) is 5.92 Å². The summed E-state index contributed by atoms with van der Waals surface area (Å²) in [6.45, 7) is 2.05. The summed E-state index contributed by atoms with van der Waals surface area (Å²) in [7, 11) is 0. The third-order valence-corrected chi connectivity index (χ3v) is 3.46. The van der Waals surface area contributed by atoms with Gasteiger partial charge in [0.25, 0.3) is 0 Å². The lowest BCUT2D eigenvalue weighted by atomic mass is 9.98. The monoisotopic (exact) mass is 217 g/mol. The second kappa shape index (κ2) is 6.30. The van der Waals surface area contributed by atoms with Crippen molar-refractivity contribution in [2.24, 2.45) is 5.92 Å². The van der Waals surface area contributed by atoms with Crippen LogP contribution in [0.2, 0.25) is 0 Å². The van der Waals surface area contributed by atoms with E-state index >= 15 is 0 Å². The van der Waals surface area contributed by atoms with E-state index in [1.807, 2.05) is 11.8 Å². The van der Waals surface area contributed by atoms with E-state index in [0.717, 1.165) is 12.8 Å². The molecule has 1 heterocycles. The molecular weight excluding hydrogens is 198 g/mol. The van der Waals surface area contributed by atoms with E-state index < -0.39 is 6.10 Å². The Balaban J connectivity index is 2.12. The third kappa shape index (κ3) is 4.86. The summed E-state index contributed by atoms with van der Waals surface area (Å²) >= 11 is 1.97. The van der Waals surface area contributed by atoms with Gasteiger partial charge in [-0.2, -0.15) is 11.8 Å². The average Bonchev–Trinajstić information content (AvgIpc) is 2.16. The molecule has 82 valence electrons. The molecule has 0 spiro atoms. The van der Waals surface area contributed by atoms with Crippen molar-refractivity contribution in [3.8, 4) is 0 Å². The second-order valence-electron chi connectivity index (χ2n) is 3.91. The van der Waals surface area contributed by atoms with Crippen LogP contribution in [0.15, 0.2) is 0 Å². The predicted octanol–water partition coefficient (Wildman–Crippen LogP) is 1.02. The van der Waals surface area contributed by atoms with Gasteiger partial charge in [0.15, 0.2) is 0 Å². The van der Waals surface area contributed by atoms with Crippen LogP contribution in [-0.4, -0.2) is 35.2 Å². The smallest absolute Gasteiger partial charge is 0.220 e. The quantitative estimate of drug-likeness (QED) is 0.739.